The summed E-state index contributed by atoms with van der Waals surface area (Å²) in [4.78, 5) is 10.6. The van der Waals surface area contributed by atoms with E-state index in [2.05, 4.69) is 0 Å². The molecule has 0 aromatic heterocycles. The summed E-state index contributed by atoms with van der Waals surface area (Å²) in [5.41, 5.74) is 5.17. The van der Waals surface area contributed by atoms with Gasteiger partial charge in [0.2, 0.25) is 0 Å². The summed E-state index contributed by atoms with van der Waals surface area (Å²) in [7, 11) is -6.00. The van der Waals surface area contributed by atoms with Crippen LogP contribution in [-0.2, 0) is 0 Å². The number of likely N-dealkylation sites (tertiary alicyclic amines) is 1. The van der Waals surface area contributed by atoms with Gasteiger partial charge in [0, 0.05) is 13.1 Å². The van der Waals surface area contributed by atoms with Gasteiger partial charge in [0.25, 0.3) is 0 Å². The van der Waals surface area contributed by atoms with Gasteiger partial charge in [-0.05, 0) is 19.3 Å². The summed E-state index contributed by atoms with van der Waals surface area (Å²) >= 11 is 0. The van der Waals surface area contributed by atoms with Gasteiger partial charge < -0.3 is 23.0 Å². The maximum Gasteiger partial charge on any atom is 0.673 e. The minimum Gasteiger partial charge on any atom is -0.418 e. The molecule has 2 amide bonds. The van der Waals surface area contributed by atoms with Crippen LogP contribution in [0.25, 0.3) is 0 Å². The number of piperidine rings is 1. The molecule has 1 fully saturated rings. The van der Waals surface area contributed by atoms with E-state index in [1.807, 2.05) is 4.90 Å². The molecule has 1 rings (SSSR count). The molecule has 0 aromatic carbocycles. The number of amides is 2. The van der Waals surface area contributed by atoms with Gasteiger partial charge in [-0.1, -0.05) is 0 Å². The molecule has 0 aliphatic carbocycles. The second-order valence-electron chi connectivity index (χ2n) is 2.90. The van der Waals surface area contributed by atoms with Gasteiger partial charge in [0.1, 0.15) is 0 Å². The molecule has 1 aliphatic rings. The lowest BCUT2D eigenvalue weighted by molar-refractivity contribution is 0.317. The lowest BCUT2D eigenvalue weighted by Crippen LogP contribution is -2.40. The molecule has 0 aromatic rings. The first-order valence-corrected chi connectivity index (χ1v) is 4.24. The highest BCUT2D eigenvalue weighted by Crippen LogP contribution is 2.07. The van der Waals surface area contributed by atoms with Gasteiger partial charge in [-0.3, -0.25) is 4.90 Å². The molecular weight excluding hydrogens is 203 g/mol. The van der Waals surface area contributed by atoms with Crippen molar-refractivity contribution in [1.82, 2.24) is 4.90 Å². The van der Waals surface area contributed by atoms with Gasteiger partial charge >= 0.3 is 13.3 Å². The molecule has 1 aliphatic heterocycles. The second kappa shape index (κ2) is 5.72. The van der Waals surface area contributed by atoms with Crippen molar-refractivity contribution < 1.29 is 22.1 Å². The normalized spacial score (nSPS) is 17.0. The van der Waals surface area contributed by atoms with E-state index in [0.29, 0.717) is 0 Å². The van der Waals surface area contributed by atoms with Crippen LogP contribution >= 0.6 is 0 Å². The molecule has 8 heteroatoms. The Morgan fingerprint density at radius 2 is 1.43 bits per heavy atom. The Labute approximate surface area is 79.3 Å². The maximum absolute atomic E-state index is 9.75. The Kier molecular flexibility index (Phi) is 5.33. The summed E-state index contributed by atoms with van der Waals surface area (Å²) in [6, 6.07) is -0.0188. The Balaban J connectivity index is 0.000000292. The quantitative estimate of drug-likeness (QED) is 0.359. The number of urea groups is 1. The molecule has 84 valence electrons. The summed E-state index contributed by atoms with van der Waals surface area (Å²) in [6.07, 6.45) is 3.58. The molecule has 0 saturated carbocycles. The van der Waals surface area contributed by atoms with Crippen LogP contribution in [0.2, 0.25) is 0 Å². The topological polar surface area (TPSA) is 50.7 Å². The fourth-order valence-corrected chi connectivity index (χ4v) is 1.12. The average Bonchev–Trinajstić information content (AvgIpc) is 2.03. The molecular formula is C6H13BF4N2O. The summed E-state index contributed by atoms with van der Waals surface area (Å²) in [5, 5.41) is 0. The van der Waals surface area contributed by atoms with Crippen LogP contribution in [0, 0.1) is 0 Å². The number of hydrogen-bond acceptors (Lipinski definition) is 0. The Morgan fingerprint density at radius 3 is 1.64 bits per heavy atom. The summed E-state index contributed by atoms with van der Waals surface area (Å²) in [5.74, 6) is 0. The molecule has 14 heavy (non-hydrogen) atoms. The van der Waals surface area contributed by atoms with Crippen molar-refractivity contribution in [3.8, 4) is 0 Å². The van der Waals surface area contributed by atoms with Crippen LogP contribution in [0.4, 0.5) is 17.3 Å². The van der Waals surface area contributed by atoms with E-state index in [9.17, 15) is 17.3 Å². The smallest absolute Gasteiger partial charge is 0.418 e. The van der Waals surface area contributed by atoms with Crippen LogP contribution in [0.5, 0.6) is 0 Å². The van der Waals surface area contributed by atoms with Crippen LogP contribution in [0.3, 0.4) is 0 Å². The zero-order valence-electron chi connectivity index (χ0n) is 7.60. The molecule has 3 N–H and O–H groups in total. The van der Waals surface area contributed by atoms with Gasteiger partial charge in [0.05, 0.1) is 0 Å². The van der Waals surface area contributed by atoms with E-state index in [1.54, 1.807) is 0 Å². The first-order valence-electron chi connectivity index (χ1n) is 4.24. The number of carbonyl (C=O) groups excluding carboxylic acids is 1. The van der Waals surface area contributed by atoms with Gasteiger partial charge in [-0.15, -0.1) is 0 Å². The fourth-order valence-electron chi connectivity index (χ4n) is 1.12. The van der Waals surface area contributed by atoms with Crippen molar-refractivity contribution in [3.63, 3.8) is 0 Å². The third-order valence-electron chi connectivity index (χ3n) is 1.68. The highest BCUT2D eigenvalue weighted by Gasteiger charge is 2.20. The standard InChI is InChI=1S/C6H12N2O.BF4/c7-6(9)8-4-2-1-3-5-8;2-1(3,4)5/h1-5H2,(H2,7,9);/q;-1/p+1. The van der Waals surface area contributed by atoms with Crippen LogP contribution in [-0.4, -0.2) is 36.1 Å². The number of halogens is 4. The van der Waals surface area contributed by atoms with Crippen molar-refractivity contribution in [3.05, 3.63) is 0 Å². The summed E-state index contributed by atoms with van der Waals surface area (Å²) in [6.45, 7) is 1.84. The Bertz CT molecular complexity index is 175. The van der Waals surface area contributed by atoms with E-state index in [1.165, 1.54) is 6.42 Å². The predicted octanol–water partition coefficient (Wildman–Crippen LogP) is 1.19. The monoisotopic (exact) mass is 216 g/mol. The molecule has 0 spiro atoms. The molecule has 1 saturated heterocycles. The van der Waals surface area contributed by atoms with Gasteiger partial charge in [-0.2, -0.15) is 0 Å². The third kappa shape index (κ3) is 9.15. The molecule has 0 atom stereocenters. The molecule has 1 heterocycles. The summed E-state index contributed by atoms with van der Waals surface area (Å²) < 4.78 is 39.0. The number of nitrogens with two attached hydrogens (primary N) is 1. The second-order valence-corrected chi connectivity index (χ2v) is 2.90. The zero-order valence-corrected chi connectivity index (χ0v) is 7.60. The van der Waals surface area contributed by atoms with E-state index < -0.39 is 7.25 Å². The molecule has 3 nitrogen and oxygen atoms in total. The number of primary amides is 1. The molecule has 0 radical (unpaired) electrons. The number of hydrogen-bond donors (Lipinski definition) is 1. The SMILES string of the molecule is F[B-](F)(F)F.NC(=[OH+])N1CCCCC1. The Morgan fingerprint density at radius 1 is 1.07 bits per heavy atom. The van der Waals surface area contributed by atoms with Gasteiger partial charge in [-0.25, -0.2) is 4.79 Å². The van der Waals surface area contributed by atoms with E-state index in [-0.39, 0.29) is 6.03 Å². The van der Waals surface area contributed by atoms with Crippen molar-refractivity contribution in [2.75, 3.05) is 13.1 Å². The zero-order chi connectivity index (χ0) is 11.2. The number of nitrogens with zero attached hydrogens (tertiary/aromatic N) is 1. The first kappa shape index (κ1) is 13.1. The van der Waals surface area contributed by atoms with E-state index in [0.717, 1.165) is 25.9 Å². The Hall–Kier alpha value is -0.945. The van der Waals surface area contributed by atoms with Crippen molar-refractivity contribution in [2.45, 2.75) is 19.3 Å². The van der Waals surface area contributed by atoms with Gasteiger partial charge in [0.15, 0.2) is 0 Å². The lowest BCUT2D eigenvalue weighted by atomic mass is 10.1. The minimum absolute atomic E-state index is 0.0188. The lowest BCUT2D eigenvalue weighted by Gasteiger charge is -2.20. The largest absolute Gasteiger partial charge is 0.673 e. The van der Waals surface area contributed by atoms with Crippen molar-refractivity contribution in [1.29, 1.82) is 0 Å². The third-order valence-corrected chi connectivity index (χ3v) is 1.68. The molecule has 0 bridgehead atoms. The van der Waals surface area contributed by atoms with Crippen LogP contribution < -0.4 is 5.73 Å². The predicted molar refractivity (Wildman–Crippen MR) is 46.7 cm³/mol. The maximum atomic E-state index is 9.75. The van der Waals surface area contributed by atoms with Crippen molar-refractivity contribution >= 4 is 13.3 Å². The van der Waals surface area contributed by atoms with E-state index in [4.69, 9.17) is 10.5 Å². The average molecular weight is 216 g/mol. The molecule has 0 unspecified atom stereocenters. The van der Waals surface area contributed by atoms with Crippen LogP contribution in [0.1, 0.15) is 19.3 Å². The number of rotatable bonds is 0. The van der Waals surface area contributed by atoms with E-state index >= 15 is 0 Å². The van der Waals surface area contributed by atoms with Crippen LogP contribution in [0.15, 0.2) is 0 Å². The first-order chi connectivity index (χ1) is 6.30. The van der Waals surface area contributed by atoms with Crippen molar-refractivity contribution in [2.24, 2.45) is 5.73 Å². The fraction of sp³-hybridized carbons (Fsp3) is 0.833. The highest BCUT2D eigenvalue weighted by atomic mass is 19.5. The highest BCUT2D eigenvalue weighted by molar-refractivity contribution is 6.50. The minimum atomic E-state index is -6.00.